The van der Waals surface area contributed by atoms with Crippen LogP contribution < -0.4 is 0 Å². The van der Waals surface area contributed by atoms with Crippen LogP contribution in [0.3, 0.4) is 0 Å². The SMILES string of the molecule is C[C@@H]1C[C@H](C#N)OC(C)(C)O1. The molecular weight excluding hydrogens is 142 g/mol. The van der Waals surface area contributed by atoms with Gasteiger partial charge in [0, 0.05) is 6.42 Å². The second-order valence-corrected chi connectivity index (χ2v) is 3.30. The lowest BCUT2D eigenvalue weighted by atomic mass is 10.1. The zero-order chi connectivity index (χ0) is 8.48. The molecule has 1 saturated heterocycles. The monoisotopic (exact) mass is 155 g/mol. The molecule has 1 heterocycles. The van der Waals surface area contributed by atoms with E-state index in [1.165, 1.54) is 0 Å². The van der Waals surface area contributed by atoms with E-state index in [2.05, 4.69) is 6.07 Å². The average Bonchev–Trinajstić information content (AvgIpc) is 1.83. The standard InChI is InChI=1S/C8H13NO2/c1-6-4-7(5-9)11-8(2,3)10-6/h6-7H,4H2,1-3H3/t6-,7-/m1/s1. The van der Waals surface area contributed by atoms with Crippen molar-refractivity contribution in [3.05, 3.63) is 0 Å². The highest BCUT2D eigenvalue weighted by molar-refractivity contribution is 4.89. The Hall–Kier alpha value is -0.590. The summed E-state index contributed by atoms with van der Waals surface area (Å²) in [6.45, 7) is 5.61. The van der Waals surface area contributed by atoms with Crippen LogP contribution in [0.15, 0.2) is 0 Å². The van der Waals surface area contributed by atoms with Crippen LogP contribution in [0.25, 0.3) is 0 Å². The van der Waals surface area contributed by atoms with Crippen LogP contribution in [-0.2, 0) is 9.47 Å². The minimum absolute atomic E-state index is 0.114. The highest BCUT2D eigenvalue weighted by Crippen LogP contribution is 2.25. The third kappa shape index (κ3) is 2.18. The molecule has 0 amide bonds. The fraction of sp³-hybridized carbons (Fsp3) is 0.875. The molecule has 1 aliphatic heterocycles. The summed E-state index contributed by atoms with van der Waals surface area (Å²) in [4.78, 5) is 0. The Bertz CT molecular complexity index is 183. The maximum absolute atomic E-state index is 8.61. The van der Waals surface area contributed by atoms with Crippen LogP contribution >= 0.6 is 0 Å². The molecule has 2 atom stereocenters. The van der Waals surface area contributed by atoms with Gasteiger partial charge >= 0.3 is 0 Å². The molecule has 0 spiro atoms. The third-order valence-corrected chi connectivity index (χ3v) is 1.60. The Morgan fingerprint density at radius 2 is 2.09 bits per heavy atom. The zero-order valence-corrected chi connectivity index (χ0v) is 7.13. The van der Waals surface area contributed by atoms with Crippen molar-refractivity contribution in [3.63, 3.8) is 0 Å². The molecule has 0 aromatic heterocycles. The Morgan fingerprint density at radius 1 is 1.45 bits per heavy atom. The highest BCUT2D eigenvalue weighted by atomic mass is 16.7. The molecule has 0 bridgehead atoms. The fourth-order valence-electron chi connectivity index (χ4n) is 1.33. The van der Waals surface area contributed by atoms with Gasteiger partial charge in [0.05, 0.1) is 12.2 Å². The molecule has 62 valence electrons. The molecule has 3 nitrogen and oxygen atoms in total. The van der Waals surface area contributed by atoms with Crippen molar-refractivity contribution in [2.24, 2.45) is 0 Å². The maximum Gasteiger partial charge on any atom is 0.164 e. The van der Waals surface area contributed by atoms with E-state index in [0.717, 1.165) is 0 Å². The van der Waals surface area contributed by atoms with Gasteiger partial charge in [-0.25, -0.2) is 0 Å². The topological polar surface area (TPSA) is 42.2 Å². The first kappa shape index (κ1) is 8.51. The van der Waals surface area contributed by atoms with E-state index < -0.39 is 5.79 Å². The summed E-state index contributed by atoms with van der Waals surface area (Å²) in [5, 5.41) is 8.61. The minimum Gasteiger partial charge on any atom is -0.347 e. The summed E-state index contributed by atoms with van der Waals surface area (Å²) in [5.41, 5.74) is 0. The number of ether oxygens (including phenoxy) is 2. The van der Waals surface area contributed by atoms with Crippen molar-refractivity contribution in [3.8, 4) is 6.07 Å². The van der Waals surface area contributed by atoms with Gasteiger partial charge in [-0.2, -0.15) is 5.26 Å². The summed E-state index contributed by atoms with van der Waals surface area (Å²) in [5.74, 6) is -0.599. The first-order chi connectivity index (χ1) is 5.03. The van der Waals surface area contributed by atoms with Gasteiger partial charge in [-0.3, -0.25) is 0 Å². The Balaban J connectivity index is 2.60. The number of hydrogen-bond acceptors (Lipinski definition) is 3. The second kappa shape index (κ2) is 2.80. The molecule has 3 heteroatoms. The van der Waals surface area contributed by atoms with Crippen LogP contribution in [0.4, 0.5) is 0 Å². The largest absolute Gasteiger partial charge is 0.347 e. The molecular formula is C8H13NO2. The van der Waals surface area contributed by atoms with Crippen LogP contribution in [0, 0.1) is 11.3 Å². The number of rotatable bonds is 0. The fourth-order valence-corrected chi connectivity index (χ4v) is 1.33. The Kier molecular flexibility index (Phi) is 2.17. The summed E-state index contributed by atoms with van der Waals surface area (Å²) in [7, 11) is 0. The highest BCUT2D eigenvalue weighted by Gasteiger charge is 2.33. The molecule has 1 fully saturated rings. The van der Waals surface area contributed by atoms with Gasteiger partial charge < -0.3 is 9.47 Å². The number of nitrogens with zero attached hydrogens (tertiary/aromatic N) is 1. The molecule has 1 rings (SSSR count). The summed E-state index contributed by atoms with van der Waals surface area (Å²) in [6, 6.07) is 2.09. The Labute approximate surface area is 66.9 Å². The number of nitriles is 1. The van der Waals surface area contributed by atoms with E-state index in [1.54, 1.807) is 0 Å². The van der Waals surface area contributed by atoms with E-state index in [1.807, 2.05) is 20.8 Å². The molecule has 0 N–H and O–H groups in total. The van der Waals surface area contributed by atoms with Gasteiger partial charge in [0.15, 0.2) is 5.79 Å². The van der Waals surface area contributed by atoms with Crippen molar-refractivity contribution < 1.29 is 9.47 Å². The molecule has 0 saturated carbocycles. The first-order valence-corrected chi connectivity index (χ1v) is 3.79. The van der Waals surface area contributed by atoms with Gasteiger partial charge in [-0.1, -0.05) is 0 Å². The van der Waals surface area contributed by atoms with Gasteiger partial charge in [0.1, 0.15) is 6.10 Å². The molecule has 0 aliphatic carbocycles. The predicted octanol–water partition coefficient (Wildman–Crippen LogP) is 1.44. The average molecular weight is 155 g/mol. The van der Waals surface area contributed by atoms with Crippen LogP contribution in [0.2, 0.25) is 0 Å². The molecule has 0 aromatic rings. The summed E-state index contributed by atoms with van der Waals surface area (Å²) in [6.07, 6.45) is 0.470. The normalized spacial score (nSPS) is 36.2. The third-order valence-electron chi connectivity index (χ3n) is 1.60. The zero-order valence-electron chi connectivity index (χ0n) is 7.13. The van der Waals surface area contributed by atoms with Gasteiger partial charge in [-0.15, -0.1) is 0 Å². The predicted molar refractivity (Wildman–Crippen MR) is 39.7 cm³/mol. The van der Waals surface area contributed by atoms with E-state index in [0.29, 0.717) is 6.42 Å². The van der Waals surface area contributed by atoms with Crippen LogP contribution in [-0.4, -0.2) is 18.0 Å². The van der Waals surface area contributed by atoms with Crippen molar-refractivity contribution in [1.82, 2.24) is 0 Å². The maximum atomic E-state index is 8.61. The minimum atomic E-state index is -0.599. The molecule has 11 heavy (non-hydrogen) atoms. The van der Waals surface area contributed by atoms with Gasteiger partial charge in [0.2, 0.25) is 0 Å². The van der Waals surface area contributed by atoms with Crippen molar-refractivity contribution in [2.75, 3.05) is 0 Å². The van der Waals surface area contributed by atoms with E-state index in [9.17, 15) is 0 Å². The molecule has 1 aliphatic rings. The molecule has 0 radical (unpaired) electrons. The van der Waals surface area contributed by atoms with E-state index >= 15 is 0 Å². The first-order valence-electron chi connectivity index (χ1n) is 3.79. The van der Waals surface area contributed by atoms with Crippen molar-refractivity contribution in [2.45, 2.75) is 45.2 Å². The number of hydrogen-bond donors (Lipinski definition) is 0. The van der Waals surface area contributed by atoms with E-state index in [4.69, 9.17) is 14.7 Å². The van der Waals surface area contributed by atoms with Gasteiger partial charge in [0.25, 0.3) is 0 Å². The molecule has 0 unspecified atom stereocenters. The summed E-state index contributed by atoms with van der Waals surface area (Å²) < 4.78 is 10.7. The van der Waals surface area contributed by atoms with E-state index in [-0.39, 0.29) is 12.2 Å². The lowest BCUT2D eigenvalue weighted by Crippen LogP contribution is -2.42. The lowest BCUT2D eigenvalue weighted by Gasteiger charge is -2.36. The smallest absolute Gasteiger partial charge is 0.164 e. The lowest BCUT2D eigenvalue weighted by molar-refractivity contribution is -0.284. The van der Waals surface area contributed by atoms with Gasteiger partial charge in [-0.05, 0) is 20.8 Å². The van der Waals surface area contributed by atoms with Crippen molar-refractivity contribution in [1.29, 1.82) is 5.26 Å². The molecule has 0 aromatic carbocycles. The second-order valence-electron chi connectivity index (χ2n) is 3.30. The van der Waals surface area contributed by atoms with Crippen LogP contribution in [0.1, 0.15) is 27.2 Å². The quantitative estimate of drug-likeness (QED) is 0.531. The Morgan fingerprint density at radius 3 is 2.55 bits per heavy atom. The van der Waals surface area contributed by atoms with Crippen molar-refractivity contribution >= 4 is 0 Å². The van der Waals surface area contributed by atoms with Crippen LogP contribution in [0.5, 0.6) is 0 Å². The summed E-state index contributed by atoms with van der Waals surface area (Å²) >= 11 is 0.